The Kier molecular flexibility index (Phi) is 4.00. The van der Waals surface area contributed by atoms with Gasteiger partial charge in [-0.2, -0.15) is 9.61 Å². The molecule has 0 bridgehead atoms. The Morgan fingerprint density at radius 2 is 1.77 bits per heavy atom. The summed E-state index contributed by atoms with van der Waals surface area (Å²) >= 11 is 1.27. The summed E-state index contributed by atoms with van der Waals surface area (Å²) in [6.45, 7) is 0. The van der Waals surface area contributed by atoms with Crippen LogP contribution in [0.2, 0.25) is 0 Å². The molecule has 2 aromatic heterocycles. The number of methoxy groups -OCH3 is 2. The molecule has 9 heteroatoms. The van der Waals surface area contributed by atoms with Gasteiger partial charge < -0.3 is 9.47 Å². The van der Waals surface area contributed by atoms with Gasteiger partial charge in [-0.1, -0.05) is 11.3 Å². The summed E-state index contributed by atoms with van der Waals surface area (Å²) < 4.78 is 39.5. The normalized spacial score (nSPS) is 11.1. The third-order valence-corrected chi connectivity index (χ3v) is 4.74. The van der Waals surface area contributed by atoms with E-state index in [1.54, 1.807) is 26.4 Å². The molecule has 2 aromatic carbocycles. The highest BCUT2D eigenvalue weighted by Gasteiger charge is 2.18. The molecule has 4 rings (SSSR count). The lowest BCUT2D eigenvalue weighted by Gasteiger charge is -2.07. The standard InChI is InChI=1S/C17H12F2N4O2S/c1-24-13-6-3-9(7-14(13)25-2)16-22-23-15(20-21-17(23)26-16)11-8-10(18)4-5-12(11)19/h3-8H,1-2H3. The number of benzene rings is 2. The van der Waals surface area contributed by atoms with Crippen LogP contribution in [0.3, 0.4) is 0 Å². The predicted molar refractivity (Wildman–Crippen MR) is 92.6 cm³/mol. The van der Waals surface area contributed by atoms with Gasteiger partial charge in [-0.25, -0.2) is 8.78 Å². The van der Waals surface area contributed by atoms with Crippen LogP contribution in [-0.4, -0.2) is 34.0 Å². The van der Waals surface area contributed by atoms with Crippen molar-refractivity contribution in [2.75, 3.05) is 14.2 Å². The smallest absolute Gasteiger partial charge is 0.235 e. The topological polar surface area (TPSA) is 61.5 Å². The number of halogens is 2. The van der Waals surface area contributed by atoms with Crippen LogP contribution in [-0.2, 0) is 0 Å². The highest BCUT2D eigenvalue weighted by atomic mass is 32.1. The largest absolute Gasteiger partial charge is 0.493 e. The van der Waals surface area contributed by atoms with E-state index in [1.165, 1.54) is 15.9 Å². The molecule has 0 radical (unpaired) electrons. The Labute approximate surface area is 150 Å². The van der Waals surface area contributed by atoms with Gasteiger partial charge in [0, 0.05) is 5.56 Å². The Bertz CT molecular complexity index is 1110. The number of hydrogen-bond acceptors (Lipinski definition) is 6. The average molecular weight is 374 g/mol. The van der Waals surface area contributed by atoms with Crippen LogP contribution in [0.25, 0.3) is 26.9 Å². The summed E-state index contributed by atoms with van der Waals surface area (Å²) in [6, 6.07) is 8.55. The Morgan fingerprint density at radius 3 is 2.54 bits per heavy atom. The van der Waals surface area contributed by atoms with Crippen LogP contribution in [0, 0.1) is 11.6 Å². The van der Waals surface area contributed by atoms with Crippen LogP contribution in [0.15, 0.2) is 36.4 Å². The summed E-state index contributed by atoms with van der Waals surface area (Å²) in [6.07, 6.45) is 0. The third kappa shape index (κ3) is 2.66. The summed E-state index contributed by atoms with van der Waals surface area (Å²) in [5, 5.41) is 13.0. The monoisotopic (exact) mass is 374 g/mol. The van der Waals surface area contributed by atoms with Gasteiger partial charge in [0.05, 0.1) is 19.8 Å². The number of ether oxygens (including phenoxy) is 2. The van der Waals surface area contributed by atoms with Gasteiger partial charge in [-0.05, 0) is 36.4 Å². The quantitative estimate of drug-likeness (QED) is 0.544. The number of hydrogen-bond donors (Lipinski definition) is 0. The molecular weight excluding hydrogens is 362 g/mol. The lowest BCUT2D eigenvalue weighted by molar-refractivity contribution is 0.355. The number of fused-ring (bicyclic) bond motifs is 1. The molecule has 0 aliphatic heterocycles. The first-order chi connectivity index (χ1) is 12.6. The van der Waals surface area contributed by atoms with E-state index in [0.717, 1.165) is 23.8 Å². The van der Waals surface area contributed by atoms with Crippen LogP contribution in [0.5, 0.6) is 11.5 Å². The first-order valence-corrected chi connectivity index (χ1v) is 8.32. The zero-order valence-corrected chi connectivity index (χ0v) is 14.6. The van der Waals surface area contributed by atoms with E-state index in [2.05, 4.69) is 15.3 Å². The van der Waals surface area contributed by atoms with Crippen LogP contribution in [0.4, 0.5) is 8.78 Å². The van der Waals surface area contributed by atoms with Crippen molar-refractivity contribution < 1.29 is 18.3 Å². The lowest BCUT2D eigenvalue weighted by Crippen LogP contribution is -1.95. The predicted octanol–water partition coefficient (Wildman–Crippen LogP) is 3.82. The van der Waals surface area contributed by atoms with Gasteiger partial charge in [0.1, 0.15) is 16.6 Å². The molecule has 0 amide bonds. The van der Waals surface area contributed by atoms with Crippen LogP contribution in [0.1, 0.15) is 0 Å². The van der Waals surface area contributed by atoms with Gasteiger partial charge in [-0.3, -0.25) is 0 Å². The number of nitrogens with zero attached hydrogens (tertiary/aromatic N) is 4. The van der Waals surface area contributed by atoms with E-state index >= 15 is 0 Å². The Hall–Kier alpha value is -3.07. The van der Waals surface area contributed by atoms with Gasteiger partial charge in [0.25, 0.3) is 0 Å². The second-order valence-corrected chi connectivity index (χ2v) is 6.28. The molecule has 6 nitrogen and oxygen atoms in total. The molecule has 0 fully saturated rings. The van der Waals surface area contributed by atoms with Crippen molar-refractivity contribution >= 4 is 16.3 Å². The Balaban J connectivity index is 1.83. The molecule has 0 spiro atoms. The van der Waals surface area contributed by atoms with E-state index in [1.807, 2.05) is 6.07 Å². The molecule has 26 heavy (non-hydrogen) atoms. The maximum atomic E-state index is 14.1. The highest BCUT2D eigenvalue weighted by molar-refractivity contribution is 7.19. The molecule has 132 valence electrons. The highest BCUT2D eigenvalue weighted by Crippen LogP contribution is 2.35. The van der Waals surface area contributed by atoms with E-state index in [-0.39, 0.29) is 11.4 Å². The average Bonchev–Trinajstić information content (AvgIpc) is 3.24. The number of rotatable bonds is 4. The lowest BCUT2D eigenvalue weighted by atomic mass is 10.2. The van der Waals surface area contributed by atoms with Crippen molar-refractivity contribution in [1.29, 1.82) is 0 Å². The molecule has 0 saturated heterocycles. The van der Waals surface area contributed by atoms with Gasteiger partial charge in [0.15, 0.2) is 17.3 Å². The summed E-state index contributed by atoms with van der Waals surface area (Å²) in [5.41, 5.74) is 0.783. The maximum absolute atomic E-state index is 14.1. The summed E-state index contributed by atoms with van der Waals surface area (Å²) in [5.74, 6) is 0.143. The molecule has 0 aliphatic rings. The SMILES string of the molecule is COc1ccc(-c2nn3c(-c4cc(F)ccc4F)nnc3s2)cc1OC. The first kappa shape index (κ1) is 16.4. The second kappa shape index (κ2) is 6.34. The second-order valence-electron chi connectivity index (χ2n) is 5.32. The van der Waals surface area contributed by atoms with Crippen molar-refractivity contribution in [2.24, 2.45) is 0 Å². The van der Waals surface area contributed by atoms with Crippen LogP contribution < -0.4 is 9.47 Å². The minimum Gasteiger partial charge on any atom is -0.493 e. The van der Waals surface area contributed by atoms with E-state index < -0.39 is 11.6 Å². The number of aromatic nitrogens is 4. The summed E-state index contributed by atoms with van der Waals surface area (Å²) in [7, 11) is 3.10. The minimum absolute atomic E-state index is 0.00154. The molecule has 0 unspecified atom stereocenters. The Morgan fingerprint density at radius 1 is 0.962 bits per heavy atom. The van der Waals surface area contributed by atoms with Gasteiger partial charge >= 0.3 is 0 Å². The van der Waals surface area contributed by atoms with Crippen LogP contribution >= 0.6 is 11.3 Å². The fourth-order valence-corrected chi connectivity index (χ4v) is 3.38. The van der Waals surface area contributed by atoms with Crippen molar-refractivity contribution in [1.82, 2.24) is 19.8 Å². The van der Waals surface area contributed by atoms with Crippen molar-refractivity contribution in [3.8, 4) is 33.5 Å². The zero-order valence-electron chi connectivity index (χ0n) is 13.7. The molecular formula is C17H12F2N4O2S. The molecule has 0 atom stereocenters. The molecule has 2 heterocycles. The third-order valence-electron chi connectivity index (χ3n) is 3.79. The maximum Gasteiger partial charge on any atom is 0.235 e. The molecule has 0 saturated carbocycles. The fraction of sp³-hybridized carbons (Fsp3) is 0.118. The molecule has 0 aliphatic carbocycles. The van der Waals surface area contributed by atoms with Crippen molar-refractivity contribution in [3.05, 3.63) is 48.0 Å². The van der Waals surface area contributed by atoms with E-state index in [0.29, 0.717) is 21.5 Å². The molecule has 0 N–H and O–H groups in total. The van der Waals surface area contributed by atoms with Crippen molar-refractivity contribution in [2.45, 2.75) is 0 Å². The zero-order chi connectivity index (χ0) is 18.3. The van der Waals surface area contributed by atoms with Gasteiger partial charge in [0.2, 0.25) is 4.96 Å². The molecule has 4 aromatic rings. The summed E-state index contributed by atoms with van der Waals surface area (Å²) in [4.78, 5) is 0.466. The first-order valence-electron chi connectivity index (χ1n) is 7.51. The van der Waals surface area contributed by atoms with E-state index in [4.69, 9.17) is 9.47 Å². The van der Waals surface area contributed by atoms with E-state index in [9.17, 15) is 8.78 Å². The van der Waals surface area contributed by atoms with Gasteiger partial charge in [-0.15, -0.1) is 10.2 Å². The fourth-order valence-electron chi connectivity index (χ4n) is 2.54. The van der Waals surface area contributed by atoms with Crippen molar-refractivity contribution in [3.63, 3.8) is 0 Å². The minimum atomic E-state index is -0.596.